The molecule has 1 fully saturated rings. The number of benzene rings is 3. The molecule has 5 rings (SSSR count). The van der Waals surface area contributed by atoms with Crippen LogP contribution < -0.4 is 0 Å². The lowest BCUT2D eigenvalue weighted by molar-refractivity contribution is 0.0526. The Morgan fingerprint density at radius 3 is 1.93 bits per heavy atom. The zero-order valence-electron chi connectivity index (χ0n) is 27.6. The maximum absolute atomic E-state index is 12.3. The van der Waals surface area contributed by atoms with Gasteiger partial charge < -0.3 is 9.16 Å². The van der Waals surface area contributed by atoms with Crippen LogP contribution in [0.3, 0.4) is 0 Å². The lowest BCUT2D eigenvalue weighted by atomic mass is 9.74. The van der Waals surface area contributed by atoms with E-state index in [0.29, 0.717) is 18.7 Å². The number of aromatic nitrogens is 2. The maximum atomic E-state index is 12.3. The van der Waals surface area contributed by atoms with Crippen LogP contribution in [0.4, 0.5) is 0 Å². The third-order valence-corrected chi connectivity index (χ3v) is 13.9. The van der Waals surface area contributed by atoms with Gasteiger partial charge in [0.05, 0.1) is 36.6 Å². The molecular weight excluding hydrogens is 575 g/mol. The quantitative estimate of drug-likeness (QED) is 0.0776. The Morgan fingerprint density at radius 2 is 1.44 bits per heavy atom. The number of esters is 1. The molecule has 1 unspecified atom stereocenters. The number of rotatable bonds is 10. The minimum Gasteiger partial charge on any atom is -0.462 e. The summed E-state index contributed by atoms with van der Waals surface area (Å²) in [6, 6.07) is 32.6. The van der Waals surface area contributed by atoms with Gasteiger partial charge in [-0.25, -0.2) is 4.79 Å². The van der Waals surface area contributed by atoms with E-state index >= 15 is 0 Å². The van der Waals surface area contributed by atoms with Gasteiger partial charge in [0, 0.05) is 19.3 Å². The van der Waals surface area contributed by atoms with Crippen molar-refractivity contribution in [2.45, 2.75) is 70.4 Å². The topological polar surface area (TPSA) is 56.6 Å². The Kier molecular flexibility index (Phi) is 9.92. The summed E-state index contributed by atoms with van der Waals surface area (Å²) >= 11 is 0. The largest absolute Gasteiger partial charge is 0.462 e. The average Bonchev–Trinajstić information content (AvgIpc) is 3.52. The second kappa shape index (κ2) is 13.7. The fourth-order valence-corrected chi connectivity index (χ4v) is 7.42. The van der Waals surface area contributed by atoms with Gasteiger partial charge in [-0.1, -0.05) is 118 Å². The molecule has 7 heteroatoms. The molecular formula is C38H47N3O3Si. The lowest BCUT2D eigenvalue weighted by Gasteiger charge is -2.50. The van der Waals surface area contributed by atoms with Crippen molar-refractivity contribution in [3.63, 3.8) is 0 Å². The highest BCUT2D eigenvalue weighted by molar-refractivity contribution is 6.74. The van der Waals surface area contributed by atoms with E-state index in [4.69, 9.17) is 9.16 Å². The summed E-state index contributed by atoms with van der Waals surface area (Å²) in [7, 11) is -2.07. The minimum atomic E-state index is -2.07. The first kappa shape index (κ1) is 32.6. The van der Waals surface area contributed by atoms with E-state index in [1.807, 2.05) is 6.92 Å². The maximum Gasteiger partial charge on any atom is 0.341 e. The Morgan fingerprint density at radius 1 is 0.911 bits per heavy atom. The summed E-state index contributed by atoms with van der Waals surface area (Å²) in [5.41, 5.74) is 4.90. The summed E-state index contributed by atoms with van der Waals surface area (Å²) in [5, 5.41) is 4.57. The van der Waals surface area contributed by atoms with Crippen molar-refractivity contribution >= 4 is 14.3 Å². The van der Waals surface area contributed by atoms with Gasteiger partial charge in [0.25, 0.3) is 0 Å². The highest BCUT2D eigenvalue weighted by atomic mass is 28.4. The van der Waals surface area contributed by atoms with Crippen LogP contribution in [0.25, 0.3) is 0 Å². The molecule has 1 aliphatic heterocycles. The van der Waals surface area contributed by atoms with Crippen molar-refractivity contribution < 1.29 is 14.0 Å². The molecule has 45 heavy (non-hydrogen) atoms. The number of piperidine rings is 1. The van der Waals surface area contributed by atoms with Crippen LogP contribution in [-0.2, 0) is 21.2 Å². The number of likely N-dealkylation sites (tertiary alicyclic amines) is 1. The summed E-state index contributed by atoms with van der Waals surface area (Å²) in [6.45, 7) is 15.8. The average molecular weight is 622 g/mol. The van der Waals surface area contributed by atoms with Gasteiger partial charge >= 0.3 is 5.97 Å². The zero-order chi connectivity index (χ0) is 32.1. The van der Waals surface area contributed by atoms with Crippen LogP contribution in [-0.4, -0.2) is 54.8 Å². The highest BCUT2D eigenvalue weighted by Gasteiger charge is 2.46. The SMILES string of the molecule is CCOC(=O)c1cnn(C/C=C2\CN(C(c3ccccc3)(c3ccccc3)c3ccccc3)CCC2O[Si](C)(C)C(C)(C)C)c1. The van der Waals surface area contributed by atoms with E-state index < -0.39 is 13.9 Å². The number of ether oxygens (including phenoxy) is 1. The minimum absolute atomic E-state index is 0.00208. The van der Waals surface area contributed by atoms with Crippen molar-refractivity contribution in [3.05, 3.63) is 137 Å². The number of allylic oxidation sites excluding steroid dienone is 1. The molecule has 1 aliphatic rings. The van der Waals surface area contributed by atoms with Gasteiger partial charge in [0.2, 0.25) is 0 Å². The third kappa shape index (κ3) is 6.91. The monoisotopic (exact) mass is 621 g/mol. The van der Waals surface area contributed by atoms with Gasteiger partial charge in [0.15, 0.2) is 8.32 Å². The van der Waals surface area contributed by atoms with E-state index in [1.165, 1.54) is 22.3 Å². The van der Waals surface area contributed by atoms with Crippen molar-refractivity contribution in [2.75, 3.05) is 19.7 Å². The summed E-state index contributed by atoms with van der Waals surface area (Å²) in [4.78, 5) is 14.9. The predicted molar refractivity (Wildman–Crippen MR) is 184 cm³/mol. The number of hydrogen-bond donors (Lipinski definition) is 0. The van der Waals surface area contributed by atoms with Gasteiger partial charge in [-0.2, -0.15) is 5.10 Å². The Balaban J connectivity index is 1.59. The Hall–Kier alpha value is -3.78. The first-order valence-electron chi connectivity index (χ1n) is 16.0. The second-order valence-corrected chi connectivity index (χ2v) is 18.1. The molecule has 1 aromatic heterocycles. The molecule has 0 bridgehead atoms. The van der Waals surface area contributed by atoms with Gasteiger partial charge in [-0.3, -0.25) is 9.58 Å². The van der Waals surface area contributed by atoms with E-state index in [2.05, 4.69) is 141 Å². The molecule has 6 nitrogen and oxygen atoms in total. The summed E-state index contributed by atoms with van der Waals surface area (Å²) < 4.78 is 14.1. The predicted octanol–water partition coefficient (Wildman–Crippen LogP) is 8.07. The van der Waals surface area contributed by atoms with Crippen molar-refractivity contribution in [3.8, 4) is 0 Å². The first-order valence-corrected chi connectivity index (χ1v) is 18.9. The van der Waals surface area contributed by atoms with Crippen LogP contribution in [0, 0.1) is 0 Å². The molecule has 0 N–H and O–H groups in total. The second-order valence-electron chi connectivity index (χ2n) is 13.3. The molecule has 0 aliphatic carbocycles. The molecule has 0 spiro atoms. The summed E-state index contributed by atoms with van der Waals surface area (Å²) in [5.74, 6) is -0.349. The number of hydrogen-bond acceptors (Lipinski definition) is 5. The first-order chi connectivity index (χ1) is 21.6. The molecule has 0 radical (unpaired) electrons. The van der Waals surface area contributed by atoms with E-state index in [0.717, 1.165) is 19.5 Å². The van der Waals surface area contributed by atoms with Gasteiger partial charge in [-0.15, -0.1) is 0 Å². The highest BCUT2D eigenvalue weighted by Crippen LogP contribution is 2.45. The normalized spacial score (nSPS) is 17.4. The van der Waals surface area contributed by atoms with Crippen LogP contribution in [0.5, 0.6) is 0 Å². The van der Waals surface area contributed by atoms with Crippen molar-refractivity contribution in [1.82, 2.24) is 14.7 Å². The van der Waals surface area contributed by atoms with Crippen LogP contribution in [0.15, 0.2) is 115 Å². The molecule has 2 heterocycles. The fourth-order valence-electron chi connectivity index (χ4n) is 6.09. The van der Waals surface area contributed by atoms with Crippen LogP contribution in [0.2, 0.25) is 18.1 Å². The molecule has 0 amide bonds. The number of carbonyl (C=O) groups excluding carboxylic acids is 1. The standard InChI is InChI=1S/C38H47N3O3Si/c1-7-43-36(42)31-27-39-41(29-31)26-23-30-28-40(25-24-35(30)44-45(5,6)37(2,3)4)38(32-17-11-8-12-18-32,33-19-13-9-14-20-33)34-21-15-10-16-22-34/h8-23,27,29,35H,7,24-26,28H2,1-6H3/b30-23+. The smallest absolute Gasteiger partial charge is 0.341 e. The van der Waals surface area contributed by atoms with E-state index in [-0.39, 0.29) is 17.1 Å². The van der Waals surface area contributed by atoms with E-state index in [9.17, 15) is 4.79 Å². The van der Waals surface area contributed by atoms with Crippen LogP contribution in [0.1, 0.15) is 61.2 Å². The Bertz CT molecular complexity index is 1480. The molecule has 3 aromatic carbocycles. The zero-order valence-corrected chi connectivity index (χ0v) is 28.6. The fraction of sp³-hybridized carbons (Fsp3) is 0.368. The van der Waals surface area contributed by atoms with Crippen molar-refractivity contribution in [2.24, 2.45) is 0 Å². The molecule has 4 aromatic rings. The summed E-state index contributed by atoms with van der Waals surface area (Å²) in [6.07, 6.45) is 6.49. The molecule has 0 saturated carbocycles. The number of carbonyl (C=O) groups is 1. The molecule has 1 saturated heterocycles. The molecule has 236 valence electrons. The van der Waals surface area contributed by atoms with Gasteiger partial charge in [0.1, 0.15) is 0 Å². The van der Waals surface area contributed by atoms with E-state index in [1.54, 1.807) is 17.1 Å². The Labute approximate surface area is 269 Å². The third-order valence-electron chi connectivity index (χ3n) is 9.43. The van der Waals surface area contributed by atoms with Gasteiger partial charge in [-0.05, 0) is 53.7 Å². The number of nitrogens with zero attached hydrogens (tertiary/aromatic N) is 3. The molecule has 1 atom stereocenters. The van der Waals surface area contributed by atoms with Crippen molar-refractivity contribution in [1.29, 1.82) is 0 Å². The van der Waals surface area contributed by atoms with Crippen LogP contribution >= 0.6 is 0 Å². The lowest BCUT2D eigenvalue weighted by Crippen LogP contribution is -2.55.